The molecule has 0 spiro atoms. The lowest BCUT2D eigenvalue weighted by Crippen LogP contribution is -2.45. The quantitative estimate of drug-likeness (QED) is 0.861. The molecule has 0 fully saturated rings. The molecule has 0 aliphatic rings. The molecule has 0 atom stereocenters. The fourth-order valence-corrected chi connectivity index (χ4v) is 2.93. The van der Waals surface area contributed by atoms with Crippen LogP contribution in [0, 0.1) is 12.3 Å². The van der Waals surface area contributed by atoms with E-state index in [0.29, 0.717) is 13.1 Å². The summed E-state index contributed by atoms with van der Waals surface area (Å²) in [6.45, 7) is 7.06. The Morgan fingerprint density at radius 1 is 1.50 bits per heavy atom. The molecular formula is C13H23N3OS. The summed E-state index contributed by atoms with van der Waals surface area (Å²) in [4.78, 5) is 19.7. The third-order valence-electron chi connectivity index (χ3n) is 3.77. The first-order valence-corrected chi connectivity index (χ1v) is 7.23. The molecule has 102 valence electrons. The Morgan fingerprint density at radius 3 is 2.50 bits per heavy atom. The van der Waals surface area contributed by atoms with E-state index in [1.165, 1.54) is 0 Å². The van der Waals surface area contributed by atoms with Gasteiger partial charge in [-0.05, 0) is 19.8 Å². The van der Waals surface area contributed by atoms with Crippen LogP contribution < -0.4 is 5.73 Å². The summed E-state index contributed by atoms with van der Waals surface area (Å²) < 4.78 is 0. The lowest BCUT2D eigenvalue weighted by atomic mass is 9.81. The van der Waals surface area contributed by atoms with Crippen molar-refractivity contribution in [2.24, 2.45) is 11.1 Å². The Morgan fingerprint density at radius 2 is 2.11 bits per heavy atom. The fraction of sp³-hybridized carbons (Fsp3) is 0.692. The summed E-state index contributed by atoms with van der Waals surface area (Å²) in [5.74, 6) is 0.141. The molecule has 1 aromatic heterocycles. The van der Waals surface area contributed by atoms with Crippen molar-refractivity contribution in [2.75, 3.05) is 13.6 Å². The van der Waals surface area contributed by atoms with E-state index in [4.69, 9.17) is 5.73 Å². The van der Waals surface area contributed by atoms with Gasteiger partial charge in [0.05, 0.1) is 23.2 Å². The lowest BCUT2D eigenvalue weighted by Gasteiger charge is -2.33. The summed E-state index contributed by atoms with van der Waals surface area (Å²) in [5, 5.41) is 0. The van der Waals surface area contributed by atoms with Gasteiger partial charge >= 0.3 is 0 Å². The molecule has 0 radical (unpaired) electrons. The van der Waals surface area contributed by atoms with Crippen LogP contribution in [0.2, 0.25) is 0 Å². The van der Waals surface area contributed by atoms with Gasteiger partial charge in [0.15, 0.2) is 0 Å². The Balaban J connectivity index is 2.80. The zero-order valence-corrected chi connectivity index (χ0v) is 12.5. The molecule has 0 aliphatic carbocycles. The second-order valence-corrected chi connectivity index (χ2v) is 5.65. The van der Waals surface area contributed by atoms with E-state index in [0.717, 1.165) is 23.4 Å². The summed E-state index contributed by atoms with van der Waals surface area (Å²) in [6.07, 6.45) is 1.57. The molecule has 2 N–H and O–H groups in total. The first kappa shape index (κ1) is 15.1. The zero-order chi connectivity index (χ0) is 13.8. The van der Waals surface area contributed by atoms with Crippen LogP contribution in [0.1, 0.15) is 37.3 Å². The standard InChI is InChI=1S/C13H23N3OS/c1-5-13(6-2,8-14)12(17)16(4)7-11-10(3)15-9-18-11/h9H,5-8,14H2,1-4H3. The number of hydrogen-bond acceptors (Lipinski definition) is 4. The van der Waals surface area contributed by atoms with Crippen LogP contribution in [0.15, 0.2) is 5.51 Å². The van der Waals surface area contributed by atoms with Gasteiger partial charge in [-0.25, -0.2) is 4.98 Å². The summed E-state index contributed by atoms with van der Waals surface area (Å²) in [7, 11) is 1.84. The Labute approximate surface area is 113 Å². The Kier molecular flexibility index (Phi) is 5.28. The number of aryl methyl sites for hydroxylation is 1. The van der Waals surface area contributed by atoms with Gasteiger partial charge in [-0.3, -0.25) is 4.79 Å². The first-order chi connectivity index (χ1) is 8.50. The summed E-state index contributed by atoms with van der Waals surface area (Å²) in [5.41, 5.74) is 8.23. The van der Waals surface area contributed by atoms with Gasteiger partial charge in [-0.2, -0.15) is 0 Å². The molecule has 0 aromatic carbocycles. The van der Waals surface area contributed by atoms with Crippen LogP contribution in [-0.2, 0) is 11.3 Å². The van der Waals surface area contributed by atoms with Gasteiger partial charge in [0.2, 0.25) is 5.91 Å². The Bertz CT molecular complexity index is 390. The van der Waals surface area contributed by atoms with Crippen molar-refractivity contribution in [2.45, 2.75) is 40.2 Å². The second-order valence-electron chi connectivity index (χ2n) is 4.71. The molecule has 4 nitrogen and oxygen atoms in total. The van der Waals surface area contributed by atoms with Crippen molar-refractivity contribution in [3.63, 3.8) is 0 Å². The third-order valence-corrected chi connectivity index (χ3v) is 4.69. The van der Waals surface area contributed by atoms with Crippen LogP contribution in [0.4, 0.5) is 0 Å². The molecule has 0 bridgehead atoms. The van der Waals surface area contributed by atoms with E-state index < -0.39 is 5.41 Å². The number of nitrogens with zero attached hydrogens (tertiary/aromatic N) is 2. The van der Waals surface area contributed by atoms with Gasteiger partial charge < -0.3 is 10.6 Å². The molecule has 18 heavy (non-hydrogen) atoms. The average Bonchev–Trinajstić information content (AvgIpc) is 2.77. The lowest BCUT2D eigenvalue weighted by molar-refractivity contribution is -0.141. The Hall–Kier alpha value is -0.940. The highest BCUT2D eigenvalue weighted by molar-refractivity contribution is 7.09. The number of rotatable bonds is 6. The van der Waals surface area contributed by atoms with E-state index in [1.54, 1.807) is 16.2 Å². The highest BCUT2D eigenvalue weighted by Crippen LogP contribution is 2.28. The number of carbonyl (C=O) groups excluding carboxylic acids is 1. The minimum atomic E-state index is -0.409. The number of amides is 1. The van der Waals surface area contributed by atoms with Gasteiger partial charge in [0, 0.05) is 18.5 Å². The highest BCUT2D eigenvalue weighted by Gasteiger charge is 2.35. The van der Waals surface area contributed by atoms with Crippen molar-refractivity contribution < 1.29 is 4.79 Å². The number of carbonyl (C=O) groups is 1. The number of thiazole rings is 1. The molecule has 1 rings (SSSR count). The largest absolute Gasteiger partial charge is 0.340 e. The van der Waals surface area contributed by atoms with E-state index in [2.05, 4.69) is 4.98 Å². The predicted octanol–water partition coefficient (Wildman–Crippen LogP) is 2.18. The molecule has 1 aromatic rings. The molecule has 1 heterocycles. The number of nitrogens with two attached hydrogens (primary N) is 1. The minimum absolute atomic E-state index is 0.141. The maximum absolute atomic E-state index is 12.5. The van der Waals surface area contributed by atoms with Gasteiger partial charge in [-0.15, -0.1) is 11.3 Å². The van der Waals surface area contributed by atoms with Gasteiger partial charge in [-0.1, -0.05) is 13.8 Å². The molecule has 5 heteroatoms. The fourth-order valence-electron chi connectivity index (χ4n) is 2.10. The molecule has 0 saturated heterocycles. The molecule has 0 aliphatic heterocycles. The van der Waals surface area contributed by atoms with Crippen LogP contribution in [0.3, 0.4) is 0 Å². The minimum Gasteiger partial charge on any atom is -0.340 e. The van der Waals surface area contributed by atoms with E-state index in [9.17, 15) is 4.79 Å². The highest BCUT2D eigenvalue weighted by atomic mass is 32.1. The topological polar surface area (TPSA) is 59.2 Å². The van der Waals surface area contributed by atoms with Crippen molar-refractivity contribution >= 4 is 17.2 Å². The number of hydrogen-bond donors (Lipinski definition) is 1. The van der Waals surface area contributed by atoms with E-state index >= 15 is 0 Å². The van der Waals surface area contributed by atoms with Crippen molar-refractivity contribution in [1.29, 1.82) is 0 Å². The molecular weight excluding hydrogens is 246 g/mol. The third kappa shape index (κ3) is 2.90. The van der Waals surface area contributed by atoms with E-state index in [1.807, 2.05) is 33.3 Å². The van der Waals surface area contributed by atoms with Crippen LogP contribution in [-0.4, -0.2) is 29.4 Å². The van der Waals surface area contributed by atoms with Gasteiger partial charge in [0.25, 0.3) is 0 Å². The first-order valence-electron chi connectivity index (χ1n) is 6.35. The SMILES string of the molecule is CCC(CC)(CN)C(=O)N(C)Cc1scnc1C. The monoisotopic (exact) mass is 269 g/mol. The van der Waals surface area contributed by atoms with Crippen molar-refractivity contribution in [3.05, 3.63) is 16.1 Å². The average molecular weight is 269 g/mol. The summed E-state index contributed by atoms with van der Waals surface area (Å²) in [6, 6.07) is 0. The molecule has 0 saturated carbocycles. The second kappa shape index (κ2) is 6.29. The van der Waals surface area contributed by atoms with E-state index in [-0.39, 0.29) is 5.91 Å². The van der Waals surface area contributed by atoms with Crippen molar-refractivity contribution in [1.82, 2.24) is 9.88 Å². The maximum atomic E-state index is 12.5. The zero-order valence-electron chi connectivity index (χ0n) is 11.7. The van der Waals surface area contributed by atoms with Crippen LogP contribution >= 0.6 is 11.3 Å². The smallest absolute Gasteiger partial charge is 0.230 e. The number of aromatic nitrogens is 1. The van der Waals surface area contributed by atoms with Crippen molar-refractivity contribution in [3.8, 4) is 0 Å². The summed E-state index contributed by atoms with van der Waals surface area (Å²) >= 11 is 1.59. The normalized spacial score (nSPS) is 11.6. The van der Waals surface area contributed by atoms with Crippen LogP contribution in [0.5, 0.6) is 0 Å². The van der Waals surface area contributed by atoms with Crippen LogP contribution in [0.25, 0.3) is 0 Å². The molecule has 0 unspecified atom stereocenters. The maximum Gasteiger partial charge on any atom is 0.230 e. The van der Waals surface area contributed by atoms with Gasteiger partial charge in [0.1, 0.15) is 0 Å². The predicted molar refractivity (Wildman–Crippen MR) is 75.4 cm³/mol. The molecule has 1 amide bonds.